The molecule has 0 saturated heterocycles. The van der Waals surface area contributed by atoms with E-state index in [4.69, 9.17) is 40.0 Å². The van der Waals surface area contributed by atoms with Crippen LogP contribution in [0, 0.1) is 0 Å². The Morgan fingerprint density at radius 3 is 1.76 bits per heavy atom. The van der Waals surface area contributed by atoms with Gasteiger partial charge in [-0.05, 0) is 42.0 Å². The second-order valence-electron chi connectivity index (χ2n) is 7.49. The lowest BCUT2D eigenvalue weighted by molar-refractivity contribution is 0.324. The van der Waals surface area contributed by atoms with E-state index < -0.39 is 10.0 Å². The Morgan fingerprint density at radius 2 is 1.24 bits per heavy atom. The molecular formula is C26H28ClNO8S. The monoisotopic (exact) mass is 549 g/mol. The van der Waals surface area contributed by atoms with Crippen LogP contribution in [-0.4, -0.2) is 51.1 Å². The molecule has 3 rings (SSSR count). The molecule has 9 nitrogen and oxygen atoms in total. The van der Waals surface area contributed by atoms with Crippen LogP contribution in [0.15, 0.2) is 47.4 Å². The number of hydrogen-bond donors (Lipinski definition) is 1. The van der Waals surface area contributed by atoms with E-state index in [2.05, 4.69) is 4.72 Å². The molecule has 0 aliphatic rings. The Balaban J connectivity index is 2.08. The summed E-state index contributed by atoms with van der Waals surface area (Å²) >= 11 is 6.15. The van der Waals surface area contributed by atoms with Gasteiger partial charge in [-0.15, -0.1) is 0 Å². The number of anilines is 1. The van der Waals surface area contributed by atoms with Crippen molar-refractivity contribution < 1.29 is 36.8 Å². The van der Waals surface area contributed by atoms with Gasteiger partial charge in [-0.1, -0.05) is 23.8 Å². The maximum absolute atomic E-state index is 13.2. The molecule has 11 heteroatoms. The zero-order valence-electron chi connectivity index (χ0n) is 21.2. The van der Waals surface area contributed by atoms with E-state index in [-0.39, 0.29) is 15.6 Å². The Kier molecular flexibility index (Phi) is 9.01. The van der Waals surface area contributed by atoms with E-state index in [1.165, 1.54) is 66.9 Å². The Morgan fingerprint density at radius 1 is 0.676 bits per heavy atom. The average molecular weight is 550 g/mol. The van der Waals surface area contributed by atoms with Crippen LogP contribution in [0.5, 0.6) is 34.5 Å². The smallest absolute Gasteiger partial charge is 0.261 e. The van der Waals surface area contributed by atoms with Crippen molar-refractivity contribution in [2.75, 3.05) is 47.4 Å². The zero-order valence-corrected chi connectivity index (χ0v) is 22.8. The first kappa shape index (κ1) is 27.8. The summed E-state index contributed by atoms with van der Waals surface area (Å²) < 4.78 is 61.2. The Hall–Kier alpha value is -3.76. The van der Waals surface area contributed by atoms with Gasteiger partial charge in [0.25, 0.3) is 10.0 Å². The topological polar surface area (TPSA) is 102 Å². The van der Waals surface area contributed by atoms with Gasteiger partial charge in [-0.2, -0.15) is 0 Å². The summed E-state index contributed by atoms with van der Waals surface area (Å²) in [7, 11) is 4.96. The fourth-order valence-corrected chi connectivity index (χ4v) is 4.95. The first-order chi connectivity index (χ1) is 17.7. The van der Waals surface area contributed by atoms with Gasteiger partial charge >= 0.3 is 0 Å². The minimum absolute atomic E-state index is 0.0346. The summed E-state index contributed by atoms with van der Waals surface area (Å²) in [6, 6.07) is 10.9. The third kappa shape index (κ3) is 6.15. The number of nitrogens with one attached hydrogen (secondary N) is 1. The van der Waals surface area contributed by atoms with Gasteiger partial charge in [0.15, 0.2) is 23.0 Å². The number of halogens is 1. The van der Waals surface area contributed by atoms with Crippen LogP contribution in [0.4, 0.5) is 5.69 Å². The number of methoxy groups -OCH3 is 6. The van der Waals surface area contributed by atoms with Gasteiger partial charge in [0.1, 0.15) is 5.75 Å². The molecule has 0 atom stereocenters. The minimum atomic E-state index is -4.02. The van der Waals surface area contributed by atoms with Gasteiger partial charge in [0.05, 0.1) is 58.3 Å². The number of ether oxygens (including phenoxy) is 6. The van der Waals surface area contributed by atoms with Gasteiger partial charge in [-0.3, -0.25) is 4.72 Å². The van der Waals surface area contributed by atoms with Crippen LogP contribution >= 0.6 is 11.6 Å². The van der Waals surface area contributed by atoms with Crippen molar-refractivity contribution >= 4 is 39.5 Å². The summed E-state index contributed by atoms with van der Waals surface area (Å²) in [5.41, 5.74) is 1.49. The van der Waals surface area contributed by atoms with Crippen molar-refractivity contribution in [3.63, 3.8) is 0 Å². The first-order valence-corrected chi connectivity index (χ1v) is 12.7. The fraction of sp³-hybridized carbons (Fsp3) is 0.231. The molecule has 0 unspecified atom stereocenters. The van der Waals surface area contributed by atoms with Crippen LogP contribution in [0.2, 0.25) is 5.02 Å². The van der Waals surface area contributed by atoms with Crippen LogP contribution in [0.1, 0.15) is 11.1 Å². The summed E-state index contributed by atoms with van der Waals surface area (Å²) in [6.07, 6.45) is 3.50. The molecule has 0 radical (unpaired) electrons. The lowest BCUT2D eigenvalue weighted by Crippen LogP contribution is -2.14. The summed E-state index contributed by atoms with van der Waals surface area (Å²) in [6.45, 7) is 0. The molecule has 1 N–H and O–H groups in total. The van der Waals surface area contributed by atoms with Crippen molar-refractivity contribution in [2.24, 2.45) is 0 Å². The standard InChI is InChI=1S/C26H28ClNO8S/c1-31-21-10-9-18(14-19(21)27)37(29,30)28-20-15-23(33-3)22(32-2)13-17(20)8-7-16-11-24(34-4)26(36-6)25(12-16)35-5/h7-15,28H,1-6H3. The van der Waals surface area contributed by atoms with Crippen molar-refractivity contribution in [1.29, 1.82) is 0 Å². The first-order valence-electron chi connectivity index (χ1n) is 10.8. The van der Waals surface area contributed by atoms with Crippen LogP contribution in [0.25, 0.3) is 12.2 Å². The zero-order chi connectivity index (χ0) is 27.2. The van der Waals surface area contributed by atoms with Gasteiger partial charge < -0.3 is 28.4 Å². The third-order valence-corrected chi connectivity index (χ3v) is 7.03. The van der Waals surface area contributed by atoms with Gasteiger partial charge in [-0.25, -0.2) is 8.42 Å². The molecule has 3 aromatic carbocycles. The maximum atomic E-state index is 13.2. The highest BCUT2D eigenvalue weighted by molar-refractivity contribution is 7.92. The SMILES string of the molecule is COc1ccc(S(=O)(=O)Nc2cc(OC)c(OC)cc2C=Cc2cc(OC)c(OC)c(OC)c2)cc1Cl. The van der Waals surface area contributed by atoms with E-state index in [0.717, 1.165) is 5.56 Å². The highest BCUT2D eigenvalue weighted by Gasteiger charge is 2.20. The molecule has 37 heavy (non-hydrogen) atoms. The molecule has 0 bridgehead atoms. The second kappa shape index (κ2) is 12.0. The fourth-order valence-electron chi connectivity index (χ4n) is 3.52. The highest BCUT2D eigenvalue weighted by atomic mass is 35.5. The molecule has 0 fully saturated rings. The number of hydrogen-bond acceptors (Lipinski definition) is 8. The molecule has 0 spiro atoms. The molecule has 0 aliphatic heterocycles. The average Bonchev–Trinajstić information content (AvgIpc) is 2.90. The van der Waals surface area contributed by atoms with Gasteiger partial charge in [0, 0.05) is 11.6 Å². The molecule has 198 valence electrons. The van der Waals surface area contributed by atoms with Crippen molar-refractivity contribution in [2.45, 2.75) is 4.90 Å². The lowest BCUT2D eigenvalue weighted by Gasteiger charge is -2.16. The molecule has 0 aliphatic carbocycles. The minimum Gasteiger partial charge on any atom is -0.495 e. The predicted octanol–water partition coefficient (Wildman–Crippen LogP) is 5.36. The molecule has 0 heterocycles. The number of rotatable bonds is 11. The normalized spacial score (nSPS) is 11.2. The summed E-state index contributed by atoms with van der Waals surface area (Å²) in [4.78, 5) is -0.0346. The molecular weight excluding hydrogens is 522 g/mol. The molecule has 3 aromatic rings. The number of sulfonamides is 1. The summed E-state index contributed by atoms with van der Waals surface area (Å²) in [5.74, 6) is 2.54. The van der Waals surface area contributed by atoms with E-state index in [9.17, 15) is 8.42 Å². The molecule has 0 saturated carbocycles. The van der Waals surface area contributed by atoms with E-state index in [0.29, 0.717) is 40.1 Å². The molecule has 0 amide bonds. The maximum Gasteiger partial charge on any atom is 0.261 e. The van der Waals surface area contributed by atoms with E-state index >= 15 is 0 Å². The largest absolute Gasteiger partial charge is 0.495 e. The summed E-state index contributed by atoms with van der Waals surface area (Å²) in [5, 5.41) is 0.167. The lowest BCUT2D eigenvalue weighted by atomic mass is 10.1. The molecule has 0 aromatic heterocycles. The van der Waals surface area contributed by atoms with Crippen LogP contribution in [-0.2, 0) is 10.0 Å². The van der Waals surface area contributed by atoms with E-state index in [1.807, 2.05) is 0 Å². The number of benzene rings is 3. The second-order valence-corrected chi connectivity index (χ2v) is 9.58. The third-order valence-electron chi connectivity index (χ3n) is 5.38. The van der Waals surface area contributed by atoms with Crippen molar-refractivity contribution in [3.05, 3.63) is 58.6 Å². The van der Waals surface area contributed by atoms with Crippen molar-refractivity contribution in [1.82, 2.24) is 0 Å². The predicted molar refractivity (Wildman–Crippen MR) is 143 cm³/mol. The highest BCUT2D eigenvalue weighted by Crippen LogP contribution is 2.40. The van der Waals surface area contributed by atoms with E-state index in [1.54, 1.807) is 30.4 Å². The van der Waals surface area contributed by atoms with Crippen LogP contribution in [0.3, 0.4) is 0 Å². The Labute approximate surface area is 221 Å². The van der Waals surface area contributed by atoms with Crippen LogP contribution < -0.4 is 33.1 Å². The Bertz CT molecular complexity index is 1380. The quantitative estimate of drug-likeness (QED) is 0.319. The van der Waals surface area contributed by atoms with Gasteiger partial charge in [0.2, 0.25) is 5.75 Å². The van der Waals surface area contributed by atoms with Crippen molar-refractivity contribution in [3.8, 4) is 34.5 Å².